The molecule has 0 bridgehead atoms. The molecule has 0 aliphatic rings. The van der Waals surface area contributed by atoms with Crippen molar-refractivity contribution in [3.8, 4) is 5.75 Å². The van der Waals surface area contributed by atoms with E-state index in [0.29, 0.717) is 17.8 Å². The number of benzene rings is 1. The summed E-state index contributed by atoms with van der Waals surface area (Å²) in [5.74, 6) is 0.674. The Morgan fingerprint density at radius 1 is 1.21 bits per heavy atom. The Hall–Kier alpha value is -1.04. The third-order valence-electron chi connectivity index (χ3n) is 3.04. The minimum Gasteiger partial charge on any atom is -0.492 e. The van der Waals surface area contributed by atoms with Crippen molar-refractivity contribution in [2.24, 2.45) is 0 Å². The summed E-state index contributed by atoms with van der Waals surface area (Å²) in [6, 6.07) is 6.90. The van der Waals surface area contributed by atoms with E-state index in [0.717, 1.165) is 13.1 Å². The molecule has 0 fully saturated rings. The molecule has 1 rings (SSSR count). The first-order valence-electron chi connectivity index (χ1n) is 6.91. The molecule has 19 heavy (non-hydrogen) atoms. The van der Waals surface area contributed by atoms with Gasteiger partial charge in [-0.3, -0.25) is 0 Å². The molecular weight excluding hydrogens is 241 g/mol. The molecule has 1 aromatic carbocycles. The normalized spacial score (nSPS) is 10.8. The first kappa shape index (κ1) is 16.0. The molecule has 0 spiro atoms. The lowest BCUT2D eigenvalue weighted by atomic mass is 9.80. The molecule has 0 saturated heterocycles. The quantitative estimate of drug-likeness (QED) is 0.514. The predicted octanol–water partition coefficient (Wildman–Crippen LogP) is 0.867. The van der Waals surface area contributed by atoms with Crippen molar-refractivity contribution in [1.82, 2.24) is 4.90 Å². The van der Waals surface area contributed by atoms with Gasteiger partial charge < -0.3 is 19.7 Å². The van der Waals surface area contributed by atoms with Crippen LogP contribution in [-0.2, 0) is 0 Å². The standard InChI is InChI=1S/C14H24BNO3/c1-3-4-5-9-16(2)10-11-19-14-8-6-7-13(12-14)15(17)18/h6-8,12,17-18H,3-5,9-11H2,1-2H3. The number of unbranched alkanes of at least 4 members (excludes halogenated alkanes) is 2. The molecular formula is C14H24BNO3. The van der Waals surface area contributed by atoms with Crippen molar-refractivity contribution in [1.29, 1.82) is 0 Å². The molecule has 106 valence electrons. The monoisotopic (exact) mass is 265 g/mol. The summed E-state index contributed by atoms with van der Waals surface area (Å²) in [7, 11) is 0.646. The lowest BCUT2D eigenvalue weighted by Gasteiger charge is -2.16. The van der Waals surface area contributed by atoms with E-state index in [2.05, 4.69) is 18.9 Å². The number of hydrogen-bond donors (Lipinski definition) is 2. The molecule has 0 unspecified atom stereocenters. The van der Waals surface area contributed by atoms with Crippen molar-refractivity contribution in [3.63, 3.8) is 0 Å². The van der Waals surface area contributed by atoms with Gasteiger partial charge in [-0.05, 0) is 37.6 Å². The largest absolute Gasteiger partial charge is 0.492 e. The molecule has 4 nitrogen and oxygen atoms in total. The van der Waals surface area contributed by atoms with Gasteiger partial charge in [0.2, 0.25) is 0 Å². The number of hydrogen-bond acceptors (Lipinski definition) is 4. The second-order valence-electron chi connectivity index (χ2n) is 4.81. The van der Waals surface area contributed by atoms with Gasteiger partial charge >= 0.3 is 7.12 Å². The number of nitrogens with zero attached hydrogens (tertiary/aromatic N) is 1. The first-order chi connectivity index (χ1) is 9.13. The maximum absolute atomic E-state index is 9.07. The Morgan fingerprint density at radius 2 is 2.00 bits per heavy atom. The van der Waals surface area contributed by atoms with E-state index >= 15 is 0 Å². The molecule has 0 saturated carbocycles. The van der Waals surface area contributed by atoms with Gasteiger partial charge in [0.15, 0.2) is 0 Å². The predicted molar refractivity (Wildman–Crippen MR) is 78.8 cm³/mol. The van der Waals surface area contributed by atoms with E-state index in [9.17, 15) is 0 Å². The summed E-state index contributed by atoms with van der Waals surface area (Å²) >= 11 is 0. The molecule has 0 amide bonds. The summed E-state index contributed by atoms with van der Waals surface area (Å²) in [5.41, 5.74) is 0.453. The minimum atomic E-state index is -1.44. The zero-order chi connectivity index (χ0) is 14.1. The second-order valence-corrected chi connectivity index (χ2v) is 4.81. The van der Waals surface area contributed by atoms with Gasteiger partial charge in [0.25, 0.3) is 0 Å². The van der Waals surface area contributed by atoms with Crippen molar-refractivity contribution >= 4 is 12.6 Å². The highest BCUT2D eigenvalue weighted by molar-refractivity contribution is 6.58. The van der Waals surface area contributed by atoms with Crippen molar-refractivity contribution < 1.29 is 14.8 Å². The van der Waals surface area contributed by atoms with E-state index in [1.54, 1.807) is 18.2 Å². The highest BCUT2D eigenvalue weighted by atomic mass is 16.5. The lowest BCUT2D eigenvalue weighted by molar-refractivity contribution is 0.235. The third-order valence-corrected chi connectivity index (χ3v) is 3.04. The average molecular weight is 265 g/mol. The molecule has 0 aliphatic carbocycles. The van der Waals surface area contributed by atoms with Gasteiger partial charge in [0.1, 0.15) is 12.4 Å². The zero-order valence-corrected chi connectivity index (χ0v) is 11.9. The number of ether oxygens (including phenoxy) is 1. The molecule has 1 aromatic rings. The molecule has 5 heteroatoms. The van der Waals surface area contributed by atoms with Crippen LogP contribution in [0.15, 0.2) is 24.3 Å². The second kappa shape index (κ2) is 8.96. The molecule has 0 aliphatic heterocycles. The van der Waals surface area contributed by atoms with Gasteiger partial charge in [0.05, 0.1) is 0 Å². The Kier molecular flexibility index (Phi) is 7.56. The van der Waals surface area contributed by atoms with Crippen molar-refractivity contribution in [3.05, 3.63) is 24.3 Å². The van der Waals surface area contributed by atoms with Crippen LogP contribution < -0.4 is 10.2 Å². The van der Waals surface area contributed by atoms with Gasteiger partial charge in [-0.25, -0.2) is 0 Å². The van der Waals surface area contributed by atoms with E-state index < -0.39 is 7.12 Å². The summed E-state index contributed by atoms with van der Waals surface area (Å²) in [6.45, 7) is 4.77. The fraction of sp³-hybridized carbons (Fsp3) is 0.571. The SMILES string of the molecule is CCCCCN(C)CCOc1cccc(B(O)O)c1. The Balaban J connectivity index is 2.27. The fourth-order valence-electron chi connectivity index (χ4n) is 1.83. The maximum Gasteiger partial charge on any atom is 0.488 e. The Bertz CT molecular complexity index is 360. The first-order valence-corrected chi connectivity index (χ1v) is 6.91. The van der Waals surface area contributed by atoms with Crippen molar-refractivity contribution in [2.45, 2.75) is 26.2 Å². The van der Waals surface area contributed by atoms with Crippen LogP contribution in [0.25, 0.3) is 0 Å². The smallest absolute Gasteiger partial charge is 0.488 e. The van der Waals surface area contributed by atoms with Crippen LogP contribution in [0.1, 0.15) is 26.2 Å². The number of likely N-dealkylation sites (N-methyl/N-ethyl adjacent to an activating group) is 1. The topological polar surface area (TPSA) is 52.9 Å². The number of rotatable bonds is 9. The van der Waals surface area contributed by atoms with Crippen LogP contribution in [0.3, 0.4) is 0 Å². The summed E-state index contributed by atoms with van der Waals surface area (Å²) in [6.07, 6.45) is 3.72. The Labute approximate surface area is 116 Å². The minimum absolute atomic E-state index is 0.453. The van der Waals surface area contributed by atoms with E-state index in [1.165, 1.54) is 19.3 Å². The average Bonchev–Trinajstić information content (AvgIpc) is 2.39. The highest BCUT2D eigenvalue weighted by Crippen LogP contribution is 2.07. The van der Waals surface area contributed by atoms with Gasteiger partial charge in [-0.1, -0.05) is 31.9 Å². The molecule has 0 aromatic heterocycles. The van der Waals surface area contributed by atoms with E-state index in [1.807, 2.05) is 6.07 Å². The van der Waals surface area contributed by atoms with Gasteiger partial charge in [-0.2, -0.15) is 0 Å². The summed E-state index contributed by atoms with van der Waals surface area (Å²) in [4.78, 5) is 2.25. The van der Waals surface area contributed by atoms with E-state index in [-0.39, 0.29) is 0 Å². The van der Waals surface area contributed by atoms with Crippen LogP contribution in [-0.4, -0.2) is 48.8 Å². The highest BCUT2D eigenvalue weighted by Gasteiger charge is 2.11. The third kappa shape index (κ3) is 6.62. The molecule has 0 radical (unpaired) electrons. The van der Waals surface area contributed by atoms with Gasteiger partial charge in [0, 0.05) is 6.54 Å². The molecule has 0 atom stereocenters. The van der Waals surface area contributed by atoms with E-state index in [4.69, 9.17) is 14.8 Å². The lowest BCUT2D eigenvalue weighted by Crippen LogP contribution is -2.30. The zero-order valence-electron chi connectivity index (χ0n) is 11.9. The summed E-state index contributed by atoms with van der Waals surface area (Å²) in [5, 5.41) is 18.1. The van der Waals surface area contributed by atoms with Crippen LogP contribution in [0.4, 0.5) is 0 Å². The van der Waals surface area contributed by atoms with Crippen LogP contribution >= 0.6 is 0 Å². The molecule has 2 N–H and O–H groups in total. The van der Waals surface area contributed by atoms with Crippen LogP contribution in [0.2, 0.25) is 0 Å². The van der Waals surface area contributed by atoms with Crippen LogP contribution in [0.5, 0.6) is 5.75 Å². The maximum atomic E-state index is 9.07. The Morgan fingerprint density at radius 3 is 2.68 bits per heavy atom. The van der Waals surface area contributed by atoms with Crippen molar-refractivity contribution in [2.75, 3.05) is 26.7 Å². The summed E-state index contributed by atoms with van der Waals surface area (Å²) < 4.78 is 5.61. The van der Waals surface area contributed by atoms with Gasteiger partial charge in [-0.15, -0.1) is 0 Å². The molecule has 0 heterocycles. The van der Waals surface area contributed by atoms with Crippen LogP contribution in [0, 0.1) is 0 Å². The fourth-order valence-corrected chi connectivity index (χ4v) is 1.83.